The van der Waals surface area contributed by atoms with Gasteiger partial charge in [0, 0.05) is 18.6 Å². The van der Waals surface area contributed by atoms with E-state index in [0.29, 0.717) is 33.0 Å². The van der Waals surface area contributed by atoms with Crippen LogP contribution in [-0.4, -0.2) is 31.8 Å². The van der Waals surface area contributed by atoms with Crippen molar-refractivity contribution in [1.29, 1.82) is 0 Å². The standard InChI is InChI=1S/C16H11ClFN5O/c1-23-7-8-5-9(15(24-2)13(18)14(8)22-23)16-19-6-11-10(21-16)3-4-12(17)20-11/h3-7H,1-2H3. The van der Waals surface area contributed by atoms with Crippen LogP contribution in [0.2, 0.25) is 5.15 Å². The summed E-state index contributed by atoms with van der Waals surface area (Å²) < 4.78 is 21.5. The van der Waals surface area contributed by atoms with E-state index in [-0.39, 0.29) is 11.3 Å². The van der Waals surface area contributed by atoms with E-state index in [1.54, 1.807) is 42.3 Å². The Bertz CT molecular complexity index is 1090. The fourth-order valence-corrected chi connectivity index (χ4v) is 2.78. The van der Waals surface area contributed by atoms with Crippen LogP contribution in [0.3, 0.4) is 0 Å². The highest BCUT2D eigenvalue weighted by atomic mass is 35.5. The molecule has 0 fully saturated rings. The van der Waals surface area contributed by atoms with Crippen LogP contribution >= 0.6 is 11.6 Å². The molecule has 120 valence electrons. The second-order valence-electron chi connectivity index (χ2n) is 5.24. The van der Waals surface area contributed by atoms with E-state index in [4.69, 9.17) is 16.3 Å². The van der Waals surface area contributed by atoms with Gasteiger partial charge in [-0.25, -0.2) is 19.3 Å². The lowest BCUT2D eigenvalue weighted by atomic mass is 10.1. The van der Waals surface area contributed by atoms with Gasteiger partial charge in [-0.1, -0.05) is 11.6 Å². The number of pyridine rings is 1. The molecule has 0 saturated carbocycles. The summed E-state index contributed by atoms with van der Waals surface area (Å²) in [7, 11) is 3.13. The van der Waals surface area contributed by atoms with Gasteiger partial charge in [0.2, 0.25) is 0 Å². The van der Waals surface area contributed by atoms with Crippen LogP contribution in [0.15, 0.2) is 30.6 Å². The first-order valence-corrected chi connectivity index (χ1v) is 7.44. The third-order valence-corrected chi connectivity index (χ3v) is 3.87. The number of nitrogens with zero attached hydrogens (tertiary/aromatic N) is 5. The Kier molecular flexibility index (Phi) is 3.31. The fourth-order valence-electron chi connectivity index (χ4n) is 2.62. The number of fused-ring (bicyclic) bond motifs is 2. The normalized spacial score (nSPS) is 11.3. The highest BCUT2D eigenvalue weighted by Crippen LogP contribution is 2.35. The van der Waals surface area contributed by atoms with Crippen molar-refractivity contribution in [3.05, 3.63) is 41.6 Å². The van der Waals surface area contributed by atoms with Crippen LogP contribution in [0.1, 0.15) is 0 Å². The maximum Gasteiger partial charge on any atom is 0.193 e. The molecule has 4 rings (SSSR count). The maximum absolute atomic E-state index is 14.7. The fraction of sp³-hybridized carbons (Fsp3) is 0.125. The van der Waals surface area contributed by atoms with Crippen molar-refractivity contribution in [3.63, 3.8) is 0 Å². The first-order valence-electron chi connectivity index (χ1n) is 7.06. The predicted octanol–water partition coefficient (Wildman–Crippen LogP) is 3.38. The minimum Gasteiger partial charge on any atom is -0.493 e. The molecule has 1 aromatic carbocycles. The molecule has 0 atom stereocenters. The van der Waals surface area contributed by atoms with Gasteiger partial charge in [0.1, 0.15) is 16.2 Å². The monoisotopic (exact) mass is 343 g/mol. The molecule has 0 bridgehead atoms. The Morgan fingerprint density at radius 1 is 1.21 bits per heavy atom. The molecular formula is C16H11ClFN5O. The topological polar surface area (TPSA) is 65.7 Å². The smallest absolute Gasteiger partial charge is 0.193 e. The van der Waals surface area contributed by atoms with Gasteiger partial charge >= 0.3 is 0 Å². The summed E-state index contributed by atoms with van der Waals surface area (Å²) in [6, 6.07) is 5.14. The molecule has 0 radical (unpaired) electrons. The van der Waals surface area contributed by atoms with Crippen molar-refractivity contribution < 1.29 is 9.13 Å². The highest BCUT2D eigenvalue weighted by molar-refractivity contribution is 6.29. The molecule has 0 unspecified atom stereocenters. The molecule has 3 heterocycles. The van der Waals surface area contributed by atoms with Crippen molar-refractivity contribution in [2.45, 2.75) is 0 Å². The molecule has 8 heteroatoms. The average molecular weight is 344 g/mol. The lowest BCUT2D eigenvalue weighted by Crippen LogP contribution is -1.98. The molecule has 4 aromatic rings. The third-order valence-electron chi connectivity index (χ3n) is 3.66. The molecule has 3 aromatic heterocycles. The zero-order valence-corrected chi connectivity index (χ0v) is 13.5. The Morgan fingerprint density at radius 2 is 2.04 bits per heavy atom. The minimum atomic E-state index is -0.538. The van der Waals surface area contributed by atoms with Gasteiger partial charge in [0.05, 0.1) is 24.4 Å². The van der Waals surface area contributed by atoms with E-state index in [2.05, 4.69) is 20.1 Å². The van der Waals surface area contributed by atoms with Gasteiger partial charge in [-0.2, -0.15) is 5.10 Å². The molecule has 0 spiro atoms. The number of rotatable bonds is 2. The number of hydrogen-bond donors (Lipinski definition) is 0. The third kappa shape index (κ3) is 2.25. The van der Waals surface area contributed by atoms with Gasteiger partial charge in [-0.15, -0.1) is 0 Å². The summed E-state index contributed by atoms with van der Waals surface area (Å²) in [5, 5.41) is 5.11. The van der Waals surface area contributed by atoms with Gasteiger partial charge in [0.25, 0.3) is 0 Å². The van der Waals surface area contributed by atoms with Crippen molar-refractivity contribution in [1.82, 2.24) is 24.7 Å². The summed E-state index contributed by atoms with van der Waals surface area (Å²) in [4.78, 5) is 12.9. The van der Waals surface area contributed by atoms with E-state index >= 15 is 0 Å². The molecule has 0 amide bonds. The van der Waals surface area contributed by atoms with Gasteiger partial charge in [-0.3, -0.25) is 4.68 Å². The first-order chi connectivity index (χ1) is 11.6. The van der Waals surface area contributed by atoms with E-state index in [1.807, 2.05) is 0 Å². The molecule has 24 heavy (non-hydrogen) atoms. The van der Waals surface area contributed by atoms with Crippen molar-refractivity contribution in [2.75, 3.05) is 7.11 Å². The van der Waals surface area contributed by atoms with E-state index in [0.717, 1.165) is 0 Å². The number of methoxy groups -OCH3 is 1. The second-order valence-corrected chi connectivity index (χ2v) is 5.63. The van der Waals surface area contributed by atoms with Gasteiger partial charge in [-0.05, 0) is 18.2 Å². The molecule has 0 aliphatic rings. The largest absolute Gasteiger partial charge is 0.493 e. The van der Waals surface area contributed by atoms with E-state index in [9.17, 15) is 4.39 Å². The van der Waals surface area contributed by atoms with Gasteiger partial charge < -0.3 is 4.74 Å². The van der Waals surface area contributed by atoms with Crippen molar-refractivity contribution in [3.8, 4) is 17.1 Å². The summed E-state index contributed by atoms with van der Waals surface area (Å²) in [5.41, 5.74) is 1.87. The maximum atomic E-state index is 14.7. The van der Waals surface area contributed by atoms with Crippen LogP contribution < -0.4 is 4.74 Å². The number of ether oxygens (including phenoxy) is 1. The lowest BCUT2D eigenvalue weighted by molar-refractivity contribution is 0.390. The van der Waals surface area contributed by atoms with Crippen molar-refractivity contribution in [2.24, 2.45) is 7.05 Å². The minimum absolute atomic E-state index is 0.0578. The van der Waals surface area contributed by atoms with E-state index < -0.39 is 5.82 Å². The molecule has 6 nitrogen and oxygen atoms in total. The molecule has 0 aliphatic heterocycles. The summed E-state index contributed by atoms with van der Waals surface area (Å²) in [6.07, 6.45) is 3.28. The van der Waals surface area contributed by atoms with Crippen LogP contribution in [0.4, 0.5) is 4.39 Å². The number of aryl methyl sites for hydroxylation is 1. The molecule has 0 aliphatic carbocycles. The molecular weight excluding hydrogens is 333 g/mol. The number of hydrogen-bond acceptors (Lipinski definition) is 5. The van der Waals surface area contributed by atoms with E-state index in [1.165, 1.54) is 7.11 Å². The molecule has 0 N–H and O–H groups in total. The second kappa shape index (κ2) is 5.38. The quantitative estimate of drug-likeness (QED) is 0.522. The zero-order valence-electron chi connectivity index (χ0n) is 12.8. The predicted molar refractivity (Wildman–Crippen MR) is 88.6 cm³/mol. The average Bonchev–Trinajstić information content (AvgIpc) is 2.95. The lowest BCUT2D eigenvalue weighted by Gasteiger charge is -2.09. The molecule has 0 saturated heterocycles. The Labute approximate surface area is 140 Å². The summed E-state index contributed by atoms with van der Waals surface area (Å²) in [5.74, 6) is -0.140. The summed E-state index contributed by atoms with van der Waals surface area (Å²) in [6.45, 7) is 0. The Morgan fingerprint density at radius 3 is 2.83 bits per heavy atom. The van der Waals surface area contributed by atoms with Crippen LogP contribution in [0, 0.1) is 5.82 Å². The SMILES string of the molecule is COc1c(-c2ncc3nc(Cl)ccc3n2)cc2cn(C)nc2c1F. The highest BCUT2D eigenvalue weighted by Gasteiger charge is 2.20. The van der Waals surface area contributed by atoms with Crippen LogP contribution in [0.5, 0.6) is 5.75 Å². The zero-order chi connectivity index (χ0) is 16.8. The van der Waals surface area contributed by atoms with Gasteiger partial charge in [0.15, 0.2) is 17.4 Å². The number of halogens is 2. The summed E-state index contributed by atoms with van der Waals surface area (Å²) >= 11 is 5.87. The van der Waals surface area contributed by atoms with Crippen molar-refractivity contribution >= 4 is 33.5 Å². The number of benzene rings is 1. The van der Waals surface area contributed by atoms with Crippen LogP contribution in [-0.2, 0) is 7.05 Å². The first kappa shape index (κ1) is 14.8. The number of aromatic nitrogens is 5. The Hall–Kier alpha value is -2.80. The Balaban J connectivity index is 1.99. The van der Waals surface area contributed by atoms with Crippen LogP contribution in [0.25, 0.3) is 33.3 Å².